The third-order valence-electron chi connectivity index (χ3n) is 2.87. The zero-order chi connectivity index (χ0) is 15.2. The molecule has 0 bridgehead atoms. The van der Waals surface area contributed by atoms with Crippen LogP contribution in [-0.4, -0.2) is 22.6 Å². The average molecular weight is 288 g/mol. The summed E-state index contributed by atoms with van der Waals surface area (Å²) in [6, 6.07) is 5.23. The van der Waals surface area contributed by atoms with Gasteiger partial charge in [0, 0.05) is 23.9 Å². The lowest BCUT2D eigenvalue weighted by atomic mass is 10.1. The van der Waals surface area contributed by atoms with Crippen LogP contribution < -0.4 is 10.6 Å². The quantitative estimate of drug-likeness (QED) is 0.854. The van der Waals surface area contributed by atoms with Gasteiger partial charge in [0.1, 0.15) is 11.6 Å². The lowest BCUT2D eigenvalue weighted by Gasteiger charge is -2.09. The van der Waals surface area contributed by atoms with Gasteiger partial charge in [-0.1, -0.05) is 18.5 Å². The molecule has 2 rings (SSSR count). The van der Waals surface area contributed by atoms with Crippen LogP contribution in [0.2, 0.25) is 0 Å². The number of hydrogen-bond donors (Lipinski definition) is 2. The lowest BCUT2D eigenvalue weighted by molar-refractivity contribution is 0.102. The molecule has 0 saturated heterocycles. The van der Waals surface area contributed by atoms with Crippen molar-refractivity contribution in [3.05, 3.63) is 35.2 Å². The van der Waals surface area contributed by atoms with Crippen molar-refractivity contribution < 1.29 is 9.32 Å². The Morgan fingerprint density at radius 3 is 2.67 bits per heavy atom. The largest absolute Gasteiger partial charge is 0.370 e. The van der Waals surface area contributed by atoms with E-state index < -0.39 is 0 Å². The molecule has 0 aliphatic rings. The van der Waals surface area contributed by atoms with Crippen molar-refractivity contribution >= 4 is 17.5 Å². The van der Waals surface area contributed by atoms with Crippen LogP contribution in [0.3, 0.4) is 0 Å². The van der Waals surface area contributed by atoms with Gasteiger partial charge in [-0.2, -0.15) is 0 Å². The molecule has 0 aliphatic carbocycles. The number of carbonyl (C=O) groups is 1. The van der Waals surface area contributed by atoms with Gasteiger partial charge in [-0.3, -0.25) is 4.79 Å². The number of nitrogens with one attached hydrogen (secondary N) is 2. The summed E-state index contributed by atoms with van der Waals surface area (Å²) in [7, 11) is 0. The first-order valence-electron chi connectivity index (χ1n) is 7.12. The summed E-state index contributed by atoms with van der Waals surface area (Å²) in [5, 5.41) is 9.62. The first kappa shape index (κ1) is 15.0. The average Bonchev–Trinajstić information content (AvgIpc) is 2.84. The maximum Gasteiger partial charge on any atom is 0.257 e. The van der Waals surface area contributed by atoms with Crippen molar-refractivity contribution in [3.63, 3.8) is 0 Å². The summed E-state index contributed by atoms with van der Waals surface area (Å²) < 4.78 is 4.94. The zero-order valence-electron chi connectivity index (χ0n) is 12.6. The van der Waals surface area contributed by atoms with E-state index >= 15 is 0 Å². The van der Waals surface area contributed by atoms with E-state index in [4.69, 9.17) is 4.52 Å². The Balaban J connectivity index is 2.21. The molecule has 21 heavy (non-hydrogen) atoms. The van der Waals surface area contributed by atoms with Crippen molar-refractivity contribution in [1.29, 1.82) is 0 Å². The predicted octanol–water partition coefficient (Wildman–Crippen LogP) is 3.01. The molecular weight excluding hydrogens is 268 g/mol. The number of aromatic nitrogens is 2. The van der Waals surface area contributed by atoms with Crippen LogP contribution >= 0.6 is 0 Å². The van der Waals surface area contributed by atoms with Gasteiger partial charge in [0.05, 0.1) is 0 Å². The number of rotatable bonds is 6. The molecule has 0 unspecified atom stereocenters. The SMILES string of the molecule is CCCc1cc(C(=O)Nc2cc(C)on2)cc(NCC)n1. The summed E-state index contributed by atoms with van der Waals surface area (Å²) in [5.41, 5.74) is 1.46. The van der Waals surface area contributed by atoms with Gasteiger partial charge in [-0.15, -0.1) is 0 Å². The number of hydrogen-bond acceptors (Lipinski definition) is 5. The summed E-state index contributed by atoms with van der Waals surface area (Å²) in [6.45, 7) is 6.61. The topological polar surface area (TPSA) is 80.0 Å². The minimum Gasteiger partial charge on any atom is -0.370 e. The van der Waals surface area contributed by atoms with Crippen LogP contribution in [-0.2, 0) is 6.42 Å². The fourth-order valence-corrected chi connectivity index (χ4v) is 1.99. The van der Waals surface area contributed by atoms with Gasteiger partial charge < -0.3 is 15.2 Å². The van der Waals surface area contributed by atoms with E-state index in [-0.39, 0.29) is 5.91 Å². The minimum atomic E-state index is -0.220. The maximum atomic E-state index is 12.3. The Hall–Kier alpha value is -2.37. The van der Waals surface area contributed by atoms with E-state index in [2.05, 4.69) is 27.7 Å². The number of aryl methyl sites for hydroxylation is 2. The highest BCUT2D eigenvalue weighted by Crippen LogP contribution is 2.15. The maximum absolute atomic E-state index is 12.3. The second-order valence-electron chi connectivity index (χ2n) is 4.79. The molecular formula is C15H20N4O2. The second-order valence-corrected chi connectivity index (χ2v) is 4.79. The standard InChI is InChI=1S/C15H20N4O2/c1-4-6-12-8-11(9-13(17-12)16-5-2)15(20)18-14-7-10(3)21-19-14/h7-9H,4-6H2,1-3H3,(H,16,17)(H,18,19,20). The number of carbonyl (C=O) groups excluding carboxylic acids is 1. The van der Waals surface area contributed by atoms with Crippen LogP contribution in [0.4, 0.5) is 11.6 Å². The van der Waals surface area contributed by atoms with Crippen LogP contribution in [0.5, 0.6) is 0 Å². The number of pyridine rings is 1. The van der Waals surface area contributed by atoms with Crippen LogP contribution in [0.25, 0.3) is 0 Å². The Morgan fingerprint density at radius 1 is 1.24 bits per heavy atom. The van der Waals surface area contributed by atoms with Gasteiger partial charge in [-0.05, 0) is 32.4 Å². The molecule has 2 heterocycles. The third-order valence-corrected chi connectivity index (χ3v) is 2.87. The van der Waals surface area contributed by atoms with Crippen molar-refractivity contribution in [1.82, 2.24) is 10.1 Å². The monoisotopic (exact) mass is 288 g/mol. The molecule has 1 amide bonds. The van der Waals surface area contributed by atoms with Crippen LogP contribution in [0, 0.1) is 6.92 Å². The third kappa shape index (κ3) is 4.05. The normalized spacial score (nSPS) is 10.4. The molecule has 112 valence electrons. The number of amides is 1. The summed E-state index contributed by atoms with van der Waals surface area (Å²) in [6.07, 6.45) is 1.81. The lowest BCUT2D eigenvalue weighted by Crippen LogP contribution is -2.14. The molecule has 0 aromatic carbocycles. The summed E-state index contributed by atoms with van der Waals surface area (Å²) in [5.74, 6) is 1.56. The van der Waals surface area contributed by atoms with Crippen LogP contribution in [0.15, 0.2) is 22.7 Å². The second kappa shape index (κ2) is 6.88. The van der Waals surface area contributed by atoms with Crippen molar-refractivity contribution in [3.8, 4) is 0 Å². The van der Waals surface area contributed by atoms with Crippen molar-refractivity contribution in [2.45, 2.75) is 33.6 Å². The van der Waals surface area contributed by atoms with E-state index in [0.717, 1.165) is 25.1 Å². The summed E-state index contributed by atoms with van der Waals surface area (Å²) in [4.78, 5) is 16.8. The van der Waals surface area contributed by atoms with E-state index in [0.29, 0.717) is 23.0 Å². The van der Waals surface area contributed by atoms with Gasteiger partial charge in [0.25, 0.3) is 5.91 Å². The smallest absolute Gasteiger partial charge is 0.257 e. The molecule has 0 spiro atoms. The van der Waals surface area contributed by atoms with E-state index in [1.807, 2.05) is 13.0 Å². The molecule has 0 radical (unpaired) electrons. The van der Waals surface area contributed by atoms with E-state index in [1.165, 1.54) is 0 Å². The Morgan fingerprint density at radius 2 is 2.05 bits per heavy atom. The highest BCUT2D eigenvalue weighted by atomic mass is 16.5. The first-order chi connectivity index (χ1) is 10.1. The highest BCUT2D eigenvalue weighted by Gasteiger charge is 2.12. The Bertz CT molecular complexity index is 598. The zero-order valence-corrected chi connectivity index (χ0v) is 12.6. The van der Waals surface area contributed by atoms with Gasteiger partial charge >= 0.3 is 0 Å². The molecule has 6 heteroatoms. The summed E-state index contributed by atoms with van der Waals surface area (Å²) >= 11 is 0. The highest BCUT2D eigenvalue weighted by molar-refractivity contribution is 6.04. The minimum absolute atomic E-state index is 0.220. The molecule has 0 atom stereocenters. The van der Waals surface area contributed by atoms with E-state index in [9.17, 15) is 4.79 Å². The van der Waals surface area contributed by atoms with Gasteiger partial charge in [0.2, 0.25) is 0 Å². The van der Waals surface area contributed by atoms with Gasteiger partial charge in [-0.25, -0.2) is 4.98 Å². The molecule has 2 aromatic heterocycles. The molecule has 2 N–H and O–H groups in total. The first-order valence-corrected chi connectivity index (χ1v) is 7.12. The predicted molar refractivity (Wildman–Crippen MR) is 81.6 cm³/mol. The van der Waals surface area contributed by atoms with Crippen LogP contribution in [0.1, 0.15) is 42.1 Å². The molecule has 0 aliphatic heterocycles. The number of anilines is 2. The van der Waals surface area contributed by atoms with E-state index in [1.54, 1.807) is 19.1 Å². The van der Waals surface area contributed by atoms with Gasteiger partial charge in [0.15, 0.2) is 5.82 Å². The Labute approximate surface area is 123 Å². The van der Waals surface area contributed by atoms with Crippen molar-refractivity contribution in [2.75, 3.05) is 17.2 Å². The molecule has 2 aromatic rings. The number of nitrogens with zero attached hydrogens (tertiary/aromatic N) is 2. The molecule has 0 fully saturated rings. The van der Waals surface area contributed by atoms with Crippen molar-refractivity contribution in [2.24, 2.45) is 0 Å². The Kier molecular flexibility index (Phi) is 4.92. The molecule has 0 saturated carbocycles. The fraction of sp³-hybridized carbons (Fsp3) is 0.400. The fourth-order valence-electron chi connectivity index (χ4n) is 1.99. The molecule has 6 nitrogen and oxygen atoms in total.